The number of hydrogen-bond acceptors (Lipinski definition) is 0. The minimum atomic E-state index is -7.05. The molecule has 0 spiro atoms. The molecule has 0 heterocycles. The Kier molecular flexibility index (Phi) is 5.39. The Bertz CT molecular complexity index is 1010. The lowest BCUT2D eigenvalue weighted by Crippen LogP contribution is -2.61. The number of allylic oxidation sites excluding steroid dienone is 1. The van der Waals surface area contributed by atoms with Crippen LogP contribution in [0, 0.1) is 11.6 Å². The lowest BCUT2D eigenvalue weighted by Gasteiger charge is -2.37. The van der Waals surface area contributed by atoms with Crippen LogP contribution in [0.25, 0.3) is 5.57 Å². The van der Waals surface area contributed by atoms with Crippen molar-refractivity contribution in [2.24, 2.45) is 0 Å². The Balaban J connectivity index is 2.31. The van der Waals surface area contributed by atoms with E-state index in [2.05, 4.69) is 0 Å². The summed E-state index contributed by atoms with van der Waals surface area (Å²) < 4.78 is 149. The van der Waals surface area contributed by atoms with Gasteiger partial charge in [0.2, 0.25) is 0 Å². The summed E-state index contributed by atoms with van der Waals surface area (Å²) in [6.07, 6.45) is -8.53. The highest BCUT2D eigenvalue weighted by atomic mass is 19.4. The van der Waals surface area contributed by atoms with Crippen LogP contribution in [0.1, 0.15) is 23.1 Å². The van der Waals surface area contributed by atoms with Crippen LogP contribution in [0.15, 0.2) is 48.0 Å². The first-order valence-corrected chi connectivity index (χ1v) is 8.60. The van der Waals surface area contributed by atoms with E-state index < -0.39 is 59.6 Å². The summed E-state index contributed by atoms with van der Waals surface area (Å²) in [6.45, 7) is 0. The Morgan fingerprint density at radius 2 is 1.16 bits per heavy atom. The largest absolute Gasteiger partial charge is 0.460 e. The molecule has 0 saturated carbocycles. The molecule has 2 aromatic rings. The van der Waals surface area contributed by atoms with Crippen molar-refractivity contribution >= 4 is 5.57 Å². The van der Waals surface area contributed by atoms with Gasteiger partial charge in [0, 0.05) is 5.57 Å². The summed E-state index contributed by atoms with van der Waals surface area (Å²) in [5.41, 5.74) is -3.03. The van der Waals surface area contributed by atoms with Crippen LogP contribution < -0.4 is 0 Å². The molecule has 0 fully saturated rings. The molecule has 1 aliphatic rings. The van der Waals surface area contributed by atoms with Gasteiger partial charge in [0.1, 0.15) is 11.6 Å². The van der Waals surface area contributed by atoms with Crippen LogP contribution in [-0.4, -0.2) is 23.9 Å². The zero-order valence-electron chi connectivity index (χ0n) is 15.1. The van der Waals surface area contributed by atoms with Gasteiger partial charge >= 0.3 is 23.9 Å². The zero-order chi connectivity index (χ0) is 23.4. The Morgan fingerprint density at radius 1 is 0.613 bits per heavy atom. The van der Waals surface area contributed by atoms with Gasteiger partial charge in [-0.05, 0) is 59.4 Å². The molecule has 0 unspecified atom stereocenters. The fraction of sp³-hybridized carbons (Fsp3) is 0.300. The van der Waals surface area contributed by atoms with Gasteiger partial charge in [0.05, 0.1) is 0 Å². The van der Waals surface area contributed by atoms with E-state index in [0.717, 1.165) is 42.5 Å². The zero-order valence-corrected chi connectivity index (χ0v) is 15.1. The van der Waals surface area contributed by atoms with Crippen molar-refractivity contribution in [3.05, 3.63) is 76.4 Å². The molecule has 0 saturated heterocycles. The van der Waals surface area contributed by atoms with E-state index in [-0.39, 0.29) is 16.7 Å². The Labute approximate surface area is 168 Å². The van der Waals surface area contributed by atoms with E-state index in [9.17, 15) is 48.3 Å². The summed E-state index contributed by atoms with van der Waals surface area (Å²) in [4.78, 5) is 0. The number of alkyl halides is 9. The highest BCUT2D eigenvalue weighted by Crippen LogP contribution is 2.57. The van der Waals surface area contributed by atoms with Gasteiger partial charge in [-0.2, -0.15) is 39.5 Å². The third kappa shape index (κ3) is 3.57. The molecule has 3 rings (SSSR count). The lowest BCUT2D eigenvalue weighted by atomic mass is 9.78. The summed E-state index contributed by atoms with van der Waals surface area (Å²) in [6, 6.07) is 5.87. The molecule has 1 aliphatic carbocycles. The maximum Gasteiger partial charge on any atom is 0.460 e. The standard InChI is InChI=1S/C20H11F11/c21-12-4-1-10(2-5-12)16-14-7-6-13(22)9-11(14)3-8-15(16)17(23,24)18(25,26)19(27,28)20(29,30)31/h1-2,4-7,9H,3,8H2. The summed E-state index contributed by atoms with van der Waals surface area (Å²) in [5, 5.41) is 0. The molecule has 2 aromatic carbocycles. The average Bonchev–Trinajstić information content (AvgIpc) is 2.66. The van der Waals surface area contributed by atoms with Crippen molar-refractivity contribution in [2.45, 2.75) is 36.8 Å². The van der Waals surface area contributed by atoms with Crippen LogP contribution >= 0.6 is 0 Å². The molecule has 0 N–H and O–H groups in total. The maximum atomic E-state index is 14.8. The van der Waals surface area contributed by atoms with E-state index in [1.54, 1.807) is 0 Å². The van der Waals surface area contributed by atoms with Crippen LogP contribution in [0.5, 0.6) is 0 Å². The van der Waals surface area contributed by atoms with Crippen LogP contribution in [0.2, 0.25) is 0 Å². The molecule has 0 amide bonds. The molecule has 0 radical (unpaired) electrons. The predicted molar refractivity (Wildman–Crippen MR) is 88.0 cm³/mol. The molecule has 11 heteroatoms. The Morgan fingerprint density at radius 3 is 1.71 bits per heavy atom. The van der Waals surface area contributed by atoms with Gasteiger partial charge in [-0.15, -0.1) is 0 Å². The summed E-state index contributed by atoms with van der Waals surface area (Å²) in [5.74, 6) is -21.5. The van der Waals surface area contributed by atoms with Crippen molar-refractivity contribution in [3.8, 4) is 0 Å². The summed E-state index contributed by atoms with van der Waals surface area (Å²) in [7, 11) is 0. The van der Waals surface area contributed by atoms with Gasteiger partial charge < -0.3 is 0 Å². The third-order valence-electron chi connectivity index (χ3n) is 4.94. The summed E-state index contributed by atoms with van der Waals surface area (Å²) >= 11 is 0. The molecule has 0 aliphatic heterocycles. The molecule has 0 bridgehead atoms. The van der Waals surface area contributed by atoms with E-state index in [0.29, 0.717) is 0 Å². The van der Waals surface area contributed by atoms with Gasteiger partial charge in [0.25, 0.3) is 0 Å². The molecule has 0 nitrogen and oxygen atoms in total. The molecule has 0 aromatic heterocycles. The first kappa shape index (κ1) is 23.1. The molecule has 31 heavy (non-hydrogen) atoms. The Hall–Kier alpha value is -2.59. The first-order chi connectivity index (χ1) is 14.1. The topological polar surface area (TPSA) is 0 Å². The minimum Gasteiger partial charge on any atom is -0.207 e. The SMILES string of the molecule is Fc1ccc(C2=C(C(F)(F)C(F)(F)C(F)(F)C(F)(F)F)CCc3cc(F)ccc32)cc1. The van der Waals surface area contributed by atoms with Crippen molar-refractivity contribution in [2.75, 3.05) is 0 Å². The molecule has 168 valence electrons. The second kappa shape index (κ2) is 7.23. The highest BCUT2D eigenvalue weighted by Gasteiger charge is 2.82. The molecule has 0 atom stereocenters. The predicted octanol–water partition coefficient (Wildman–Crippen LogP) is 7.18. The monoisotopic (exact) mass is 460 g/mol. The van der Waals surface area contributed by atoms with Gasteiger partial charge in [-0.3, -0.25) is 0 Å². The van der Waals surface area contributed by atoms with Crippen LogP contribution in [0.3, 0.4) is 0 Å². The van der Waals surface area contributed by atoms with E-state index >= 15 is 0 Å². The molecular weight excluding hydrogens is 449 g/mol. The number of aryl methyl sites for hydroxylation is 1. The number of benzene rings is 2. The highest BCUT2D eigenvalue weighted by molar-refractivity contribution is 5.86. The minimum absolute atomic E-state index is 0.0461. The van der Waals surface area contributed by atoms with Crippen LogP contribution in [-0.2, 0) is 6.42 Å². The third-order valence-corrected chi connectivity index (χ3v) is 4.94. The fourth-order valence-electron chi connectivity index (χ4n) is 3.39. The van der Waals surface area contributed by atoms with Crippen molar-refractivity contribution in [1.82, 2.24) is 0 Å². The number of fused-ring (bicyclic) bond motifs is 1. The van der Waals surface area contributed by atoms with Crippen molar-refractivity contribution in [1.29, 1.82) is 0 Å². The average molecular weight is 460 g/mol. The number of hydrogen-bond donors (Lipinski definition) is 0. The van der Waals surface area contributed by atoms with Gasteiger partial charge in [-0.1, -0.05) is 18.2 Å². The van der Waals surface area contributed by atoms with E-state index in [4.69, 9.17) is 0 Å². The number of rotatable bonds is 4. The molecular formula is C20H11F11. The van der Waals surface area contributed by atoms with E-state index in [1.807, 2.05) is 0 Å². The second-order valence-electron chi connectivity index (χ2n) is 6.88. The lowest BCUT2D eigenvalue weighted by molar-refractivity contribution is -0.390. The normalized spacial score (nSPS) is 15.8. The number of halogens is 11. The maximum absolute atomic E-state index is 14.8. The van der Waals surface area contributed by atoms with E-state index in [1.165, 1.54) is 0 Å². The quantitative estimate of drug-likeness (QED) is 0.424. The second-order valence-corrected chi connectivity index (χ2v) is 6.88. The van der Waals surface area contributed by atoms with Crippen LogP contribution in [0.4, 0.5) is 48.3 Å². The van der Waals surface area contributed by atoms with Crippen molar-refractivity contribution in [3.63, 3.8) is 0 Å². The fourth-order valence-corrected chi connectivity index (χ4v) is 3.39. The smallest absolute Gasteiger partial charge is 0.207 e. The van der Waals surface area contributed by atoms with Gasteiger partial charge in [-0.25, -0.2) is 8.78 Å². The van der Waals surface area contributed by atoms with Crippen molar-refractivity contribution < 1.29 is 48.3 Å². The van der Waals surface area contributed by atoms with Gasteiger partial charge in [0.15, 0.2) is 0 Å². The first-order valence-electron chi connectivity index (χ1n) is 8.60.